The Balaban J connectivity index is 1.97. The fraction of sp³-hybridized carbons (Fsp3) is 0.269. The molecule has 0 aliphatic carbocycles. The van der Waals surface area contributed by atoms with E-state index in [1.54, 1.807) is 75.6 Å². The van der Waals surface area contributed by atoms with Gasteiger partial charge in [-0.2, -0.15) is 5.26 Å². The molecule has 0 bridgehead atoms. The summed E-state index contributed by atoms with van der Waals surface area (Å²) in [6.07, 6.45) is 5.84. The fourth-order valence-corrected chi connectivity index (χ4v) is 5.18. The number of ether oxygens (including phenoxy) is 1. The molecule has 1 N–H and O–H groups in total. The summed E-state index contributed by atoms with van der Waals surface area (Å²) in [5.74, 6) is 0. The Kier molecular flexibility index (Phi) is 7.77. The Bertz CT molecular complexity index is 1330. The van der Waals surface area contributed by atoms with Gasteiger partial charge < -0.3 is 10.1 Å². The molecule has 3 aromatic rings. The summed E-state index contributed by atoms with van der Waals surface area (Å²) in [6.45, 7) is 9.34. The van der Waals surface area contributed by atoms with Crippen molar-refractivity contribution in [1.82, 2.24) is 14.3 Å². The highest BCUT2D eigenvalue weighted by Gasteiger charge is 2.29. The average molecular weight is 493 g/mol. The molecule has 0 aliphatic heterocycles. The summed E-state index contributed by atoms with van der Waals surface area (Å²) in [5.41, 5.74) is 2.13. The second kappa shape index (κ2) is 10.6. The van der Waals surface area contributed by atoms with Crippen LogP contribution in [0, 0.1) is 11.3 Å². The van der Waals surface area contributed by atoms with E-state index in [9.17, 15) is 13.2 Å². The van der Waals surface area contributed by atoms with Crippen molar-refractivity contribution in [1.29, 1.82) is 5.26 Å². The van der Waals surface area contributed by atoms with Crippen molar-refractivity contribution in [2.45, 2.75) is 38.0 Å². The second-order valence-corrected chi connectivity index (χ2v) is 10.8. The van der Waals surface area contributed by atoms with Gasteiger partial charge >= 0.3 is 6.09 Å². The standard InChI is InChI=1S/C26H28N4O4S/c1-5-24(22-7-6-13-28-17-22)35(32,33)30-18-20(12-14-29-25(31)34-26(2,3)4)15-23(30)21-10-8-19(16-27)9-11-21/h5-11,13,15,17-18,24H,1,12,14H2,2-4H3,(H,29,31). The van der Waals surface area contributed by atoms with Crippen LogP contribution < -0.4 is 5.32 Å². The van der Waals surface area contributed by atoms with Crippen molar-refractivity contribution >= 4 is 16.1 Å². The van der Waals surface area contributed by atoms with Gasteiger partial charge in [0.05, 0.1) is 17.3 Å². The molecule has 1 amide bonds. The lowest BCUT2D eigenvalue weighted by atomic mass is 10.1. The third kappa shape index (κ3) is 6.37. The number of nitrogens with zero attached hydrogens (tertiary/aromatic N) is 3. The van der Waals surface area contributed by atoms with Crippen molar-refractivity contribution < 1.29 is 17.9 Å². The highest BCUT2D eigenvalue weighted by Crippen LogP contribution is 2.31. The monoisotopic (exact) mass is 492 g/mol. The third-order valence-electron chi connectivity index (χ3n) is 5.06. The lowest BCUT2D eigenvalue weighted by molar-refractivity contribution is 0.0528. The molecule has 1 unspecified atom stereocenters. The number of alkyl carbamates (subject to hydrolysis) is 1. The SMILES string of the molecule is C=CC(c1cccnc1)S(=O)(=O)n1cc(CCNC(=O)OC(C)(C)C)cc1-c1ccc(C#N)cc1. The van der Waals surface area contributed by atoms with Gasteiger partial charge in [0.15, 0.2) is 0 Å². The average Bonchev–Trinajstić information content (AvgIpc) is 3.24. The second-order valence-electron chi connectivity index (χ2n) is 8.88. The predicted octanol–water partition coefficient (Wildman–Crippen LogP) is 4.59. The van der Waals surface area contributed by atoms with Crippen LogP contribution in [0.1, 0.15) is 42.7 Å². The molecule has 2 heterocycles. The van der Waals surface area contributed by atoms with Crippen LogP contribution in [0.2, 0.25) is 0 Å². The third-order valence-corrected chi connectivity index (χ3v) is 7.01. The zero-order valence-corrected chi connectivity index (χ0v) is 20.7. The molecule has 35 heavy (non-hydrogen) atoms. The Morgan fingerprint density at radius 2 is 2.00 bits per heavy atom. The number of aromatic nitrogens is 2. The van der Waals surface area contributed by atoms with E-state index in [0.717, 1.165) is 0 Å². The first-order chi connectivity index (χ1) is 16.5. The lowest BCUT2D eigenvalue weighted by Gasteiger charge is -2.19. The predicted molar refractivity (Wildman–Crippen MR) is 134 cm³/mol. The maximum Gasteiger partial charge on any atom is 0.407 e. The largest absolute Gasteiger partial charge is 0.444 e. The van der Waals surface area contributed by atoms with Gasteiger partial charge in [0, 0.05) is 25.1 Å². The number of amides is 1. The maximum atomic E-state index is 13.8. The number of carbonyl (C=O) groups is 1. The molecule has 0 radical (unpaired) electrons. The summed E-state index contributed by atoms with van der Waals surface area (Å²) in [6, 6.07) is 13.9. The van der Waals surface area contributed by atoms with Crippen LogP contribution in [-0.2, 0) is 21.2 Å². The van der Waals surface area contributed by atoms with Gasteiger partial charge in [0.25, 0.3) is 0 Å². The number of hydrogen-bond acceptors (Lipinski definition) is 6. The molecule has 1 atom stereocenters. The fourth-order valence-electron chi connectivity index (χ4n) is 3.49. The smallest absolute Gasteiger partial charge is 0.407 e. The highest BCUT2D eigenvalue weighted by molar-refractivity contribution is 7.90. The van der Waals surface area contributed by atoms with Crippen LogP contribution in [0.4, 0.5) is 4.79 Å². The molecule has 0 spiro atoms. The number of pyridine rings is 1. The quantitative estimate of drug-likeness (QED) is 0.460. The Morgan fingerprint density at radius 3 is 2.57 bits per heavy atom. The van der Waals surface area contributed by atoms with Crippen LogP contribution in [0.3, 0.4) is 0 Å². The Hall–Kier alpha value is -3.90. The minimum Gasteiger partial charge on any atom is -0.444 e. The van der Waals surface area contributed by atoms with E-state index < -0.39 is 27.0 Å². The molecular weight excluding hydrogens is 464 g/mol. The van der Waals surface area contributed by atoms with Crippen molar-refractivity contribution in [3.8, 4) is 17.3 Å². The van der Waals surface area contributed by atoms with Crippen LogP contribution >= 0.6 is 0 Å². The van der Waals surface area contributed by atoms with Gasteiger partial charge in [-0.05, 0) is 68.1 Å². The normalized spacial score (nSPS) is 12.4. The van der Waals surface area contributed by atoms with Crippen LogP contribution in [0.15, 0.2) is 73.7 Å². The van der Waals surface area contributed by atoms with E-state index in [0.29, 0.717) is 34.4 Å². The molecular formula is C26H28N4O4S. The highest BCUT2D eigenvalue weighted by atomic mass is 32.2. The van der Waals surface area contributed by atoms with E-state index in [1.165, 1.54) is 16.2 Å². The van der Waals surface area contributed by atoms with Gasteiger partial charge in [-0.1, -0.05) is 24.3 Å². The number of rotatable bonds is 8. The zero-order valence-electron chi connectivity index (χ0n) is 19.9. The first-order valence-electron chi connectivity index (χ1n) is 11.0. The summed E-state index contributed by atoms with van der Waals surface area (Å²) in [5, 5.41) is 10.8. The van der Waals surface area contributed by atoms with Gasteiger partial charge in [-0.25, -0.2) is 17.2 Å². The molecule has 0 saturated carbocycles. The number of nitrogens with one attached hydrogen (secondary N) is 1. The number of carbonyl (C=O) groups excluding carboxylic acids is 1. The van der Waals surface area contributed by atoms with Gasteiger partial charge in [0.1, 0.15) is 10.9 Å². The zero-order chi connectivity index (χ0) is 25.6. The minimum atomic E-state index is -3.96. The molecule has 182 valence electrons. The molecule has 2 aromatic heterocycles. The topological polar surface area (TPSA) is 114 Å². The van der Waals surface area contributed by atoms with Gasteiger partial charge in [-0.3, -0.25) is 4.98 Å². The maximum absolute atomic E-state index is 13.8. The van der Waals surface area contributed by atoms with Crippen molar-refractivity contribution in [3.05, 3.63) is 90.4 Å². The first-order valence-corrected chi connectivity index (χ1v) is 12.5. The van der Waals surface area contributed by atoms with Crippen molar-refractivity contribution in [2.75, 3.05) is 6.54 Å². The number of benzene rings is 1. The molecule has 0 fully saturated rings. The molecule has 1 aromatic carbocycles. The van der Waals surface area contributed by atoms with Crippen LogP contribution in [0.25, 0.3) is 11.3 Å². The van der Waals surface area contributed by atoms with Gasteiger partial charge in [-0.15, -0.1) is 6.58 Å². The van der Waals surface area contributed by atoms with Crippen LogP contribution in [0.5, 0.6) is 0 Å². The summed E-state index contributed by atoms with van der Waals surface area (Å²) >= 11 is 0. The van der Waals surface area contributed by atoms with Crippen LogP contribution in [-0.4, -0.2) is 35.6 Å². The summed E-state index contributed by atoms with van der Waals surface area (Å²) in [4.78, 5) is 16.0. The molecule has 0 saturated heterocycles. The molecule has 0 aliphatic rings. The van der Waals surface area contributed by atoms with E-state index in [-0.39, 0.29) is 6.54 Å². The van der Waals surface area contributed by atoms with E-state index >= 15 is 0 Å². The number of hydrogen-bond donors (Lipinski definition) is 1. The lowest BCUT2D eigenvalue weighted by Crippen LogP contribution is -2.33. The van der Waals surface area contributed by atoms with Crippen molar-refractivity contribution in [2.24, 2.45) is 0 Å². The first kappa shape index (κ1) is 25.7. The number of nitriles is 1. The molecule has 9 heteroatoms. The van der Waals surface area contributed by atoms with Gasteiger partial charge in [0.2, 0.25) is 10.0 Å². The van der Waals surface area contributed by atoms with Crippen molar-refractivity contribution in [3.63, 3.8) is 0 Å². The minimum absolute atomic E-state index is 0.263. The Labute approximate surface area is 205 Å². The molecule has 8 nitrogen and oxygen atoms in total. The molecule has 3 rings (SSSR count). The van der Waals surface area contributed by atoms with E-state index in [2.05, 4.69) is 22.9 Å². The summed E-state index contributed by atoms with van der Waals surface area (Å²) < 4.78 is 34.0. The summed E-state index contributed by atoms with van der Waals surface area (Å²) in [7, 11) is -3.96. The van der Waals surface area contributed by atoms with E-state index in [1.807, 2.05) is 0 Å². The Morgan fingerprint density at radius 1 is 1.29 bits per heavy atom. The van der Waals surface area contributed by atoms with E-state index in [4.69, 9.17) is 10.00 Å².